The van der Waals surface area contributed by atoms with Gasteiger partial charge in [-0.25, -0.2) is 4.98 Å². The topological polar surface area (TPSA) is 101 Å². The lowest BCUT2D eigenvalue weighted by atomic mass is 10.1. The third kappa shape index (κ3) is 5.84. The van der Waals surface area contributed by atoms with Crippen molar-refractivity contribution in [2.45, 2.75) is 37.8 Å². The summed E-state index contributed by atoms with van der Waals surface area (Å²) in [6.07, 6.45) is -0.811. The van der Waals surface area contributed by atoms with Crippen LogP contribution in [0, 0.1) is 0 Å². The molecule has 3 aromatic heterocycles. The lowest BCUT2D eigenvalue weighted by Gasteiger charge is -2.24. The molecule has 1 amide bonds. The number of carbonyl (C=O) groups is 1. The summed E-state index contributed by atoms with van der Waals surface area (Å²) in [5.74, 6) is -0.119. The first-order valence-corrected chi connectivity index (χ1v) is 10.4. The minimum Gasteiger partial charge on any atom is -0.388 e. The van der Waals surface area contributed by atoms with Crippen molar-refractivity contribution in [3.8, 4) is 5.82 Å². The van der Waals surface area contributed by atoms with Gasteiger partial charge in [0, 0.05) is 37.1 Å². The molecule has 0 radical (unpaired) electrons. The van der Waals surface area contributed by atoms with E-state index in [2.05, 4.69) is 20.6 Å². The monoisotopic (exact) mass is 499 g/mol. The molecule has 1 aliphatic heterocycles. The van der Waals surface area contributed by atoms with Gasteiger partial charge in [0.15, 0.2) is 0 Å². The maximum Gasteiger partial charge on any atom is 0.417 e. The van der Waals surface area contributed by atoms with Gasteiger partial charge in [0.2, 0.25) is 0 Å². The fourth-order valence-corrected chi connectivity index (χ4v) is 3.57. The lowest BCUT2D eigenvalue weighted by Crippen LogP contribution is -2.45. The van der Waals surface area contributed by atoms with Crippen LogP contribution in [0.1, 0.15) is 29.9 Å². The third-order valence-corrected chi connectivity index (χ3v) is 5.25. The van der Waals surface area contributed by atoms with Gasteiger partial charge in [-0.05, 0) is 38.1 Å². The average Bonchev–Trinajstić information content (AvgIpc) is 3.37. The van der Waals surface area contributed by atoms with Crippen LogP contribution in [0.2, 0.25) is 0 Å². The van der Waals surface area contributed by atoms with Crippen LogP contribution in [-0.2, 0) is 10.9 Å². The SMILES string of the molecule is CC(C)(O)CO[C@@H]1CNC[C@H]1NC(=O)c1cc2c(ccn2-c2ccc(C(F)(F)F)cn2)cn1.Cl. The lowest BCUT2D eigenvalue weighted by molar-refractivity contribution is -0.137. The Hall–Kier alpha value is -2.73. The number of amides is 1. The predicted octanol–water partition coefficient (Wildman–Crippen LogP) is 2.72. The molecule has 1 saturated heterocycles. The van der Waals surface area contributed by atoms with Crippen LogP contribution in [-0.4, -0.2) is 63.0 Å². The van der Waals surface area contributed by atoms with Crippen molar-refractivity contribution in [1.29, 1.82) is 0 Å². The van der Waals surface area contributed by atoms with Gasteiger partial charge in [-0.1, -0.05) is 0 Å². The molecule has 0 aliphatic carbocycles. The molecule has 3 aromatic rings. The maximum absolute atomic E-state index is 12.9. The second kappa shape index (κ2) is 9.87. The minimum absolute atomic E-state index is 0. The van der Waals surface area contributed by atoms with Crippen molar-refractivity contribution in [2.75, 3.05) is 19.7 Å². The quantitative estimate of drug-likeness (QED) is 0.482. The van der Waals surface area contributed by atoms with Crippen LogP contribution >= 0.6 is 12.4 Å². The van der Waals surface area contributed by atoms with Gasteiger partial charge in [-0.2, -0.15) is 13.2 Å². The van der Waals surface area contributed by atoms with E-state index in [0.717, 1.165) is 12.3 Å². The molecule has 0 unspecified atom stereocenters. The van der Waals surface area contributed by atoms with Crippen molar-refractivity contribution in [2.24, 2.45) is 0 Å². The Morgan fingerprint density at radius 2 is 2.00 bits per heavy atom. The van der Waals surface area contributed by atoms with Crippen molar-refractivity contribution < 1.29 is 27.8 Å². The van der Waals surface area contributed by atoms with Gasteiger partial charge >= 0.3 is 6.18 Å². The second-order valence-electron chi connectivity index (χ2n) is 8.62. The Kier molecular flexibility index (Phi) is 7.51. The fraction of sp³-hybridized carbons (Fsp3) is 0.409. The number of hydrogen-bond acceptors (Lipinski definition) is 6. The molecule has 8 nitrogen and oxygen atoms in total. The zero-order valence-electron chi connectivity index (χ0n) is 18.5. The first kappa shape index (κ1) is 25.9. The maximum atomic E-state index is 12.9. The number of pyridine rings is 2. The van der Waals surface area contributed by atoms with E-state index in [9.17, 15) is 23.1 Å². The molecule has 184 valence electrons. The van der Waals surface area contributed by atoms with E-state index in [0.29, 0.717) is 24.0 Å². The van der Waals surface area contributed by atoms with Crippen molar-refractivity contribution in [3.63, 3.8) is 0 Å². The Balaban J connectivity index is 0.00000324. The standard InChI is InChI=1S/C22H24F3N5O3.ClH/c1-21(2,32)12-33-18-11-26-10-16(18)29-20(31)15-7-17-13(8-27-15)5-6-30(17)19-4-3-14(9-28-19)22(23,24)25;/h3-9,16,18,26,32H,10-12H2,1-2H3,(H,29,31);1H/t16-,18-;/m1./s1. The summed E-state index contributed by atoms with van der Waals surface area (Å²) in [5, 5.41) is 16.6. The van der Waals surface area contributed by atoms with Gasteiger partial charge in [-0.15, -0.1) is 12.4 Å². The predicted molar refractivity (Wildman–Crippen MR) is 121 cm³/mol. The summed E-state index contributed by atoms with van der Waals surface area (Å²) in [5.41, 5.74) is -1.08. The molecule has 0 bridgehead atoms. The van der Waals surface area contributed by atoms with Crippen molar-refractivity contribution in [1.82, 2.24) is 25.2 Å². The highest BCUT2D eigenvalue weighted by Gasteiger charge is 2.32. The van der Waals surface area contributed by atoms with E-state index in [1.807, 2.05) is 0 Å². The Morgan fingerprint density at radius 1 is 1.24 bits per heavy atom. The van der Waals surface area contributed by atoms with Crippen LogP contribution in [0.25, 0.3) is 16.7 Å². The summed E-state index contributed by atoms with van der Waals surface area (Å²) >= 11 is 0. The van der Waals surface area contributed by atoms with E-state index >= 15 is 0 Å². The van der Waals surface area contributed by atoms with E-state index in [-0.39, 0.29) is 42.7 Å². The number of alkyl halides is 3. The molecule has 34 heavy (non-hydrogen) atoms. The number of ether oxygens (including phenoxy) is 1. The van der Waals surface area contributed by atoms with Gasteiger partial charge in [0.25, 0.3) is 5.91 Å². The first-order chi connectivity index (χ1) is 15.5. The largest absolute Gasteiger partial charge is 0.417 e. The number of nitrogens with zero attached hydrogens (tertiary/aromatic N) is 3. The summed E-state index contributed by atoms with van der Waals surface area (Å²) < 4.78 is 45.8. The number of nitrogens with one attached hydrogen (secondary N) is 2. The molecule has 1 aliphatic rings. The highest BCUT2D eigenvalue weighted by molar-refractivity contribution is 5.96. The molecular formula is C22H25ClF3N5O3. The molecule has 0 saturated carbocycles. The molecule has 0 aromatic carbocycles. The summed E-state index contributed by atoms with van der Waals surface area (Å²) in [4.78, 5) is 21.0. The van der Waals surface area contributed by atoms with Crippen LogP contribution in [0.5, 0.6) is 0 Å². The number of rotatable bonds is 6. The van der Waals surface area contributed by atoms with Crippen LogP contribution in [0.3, 0.4) is 0 Å². The van der Waals surface area contributed by atoms with E-state index < -0.39 is 23.2 Å². The number of carbonyl (C=O) groups excluding carboxylic acids is 1. The highest BCUT2D eigenvalue weighted by Crippen LogP contribution is 2.29. The third-order valence-electron chi connectivity index (χ3n) is 5.25. The normalized spacial score (nSPS) is 18.6. The molecular weight excluding hydrogens is 475 g/mol. The zero-order valence-corrected chi connectivity index (χ0v) is 19.3. The van der Waals surface area contributed by atoms with Gasteiger partial charge in [-0.3, -0.25) is 9.78 Å². The van der Waals surface area contributed by atoms with Gasteiger partial charge in [0.1, 0.15) is 11.5 Å². The number of fused-ring (bicyclic) bond motifs is 1. The average molecular weight is 500 g/mol. The summed E-state index contributed by atoms with van der Waals surface area (Å²) in [7, 11) is 0. The number of aromatic nitrogens is 3. The number of aliphatic hydroxyl groups is 1. The van der Waals surface area contributed by atoms with E-state index in [1.165, 1.54) is 12.3 Å². The summed E-state index contributed by atoms with van der Waals surface area (Å²) in [6.45, 7) is 4.46. The Labute approximate surface area is 199 Å². The minimum atomic E-state index is -4.47. The van der Waals surface area contributed by atoms with Crippen molar-refractivity contribution >= 4 is 29.2 Å². The molecule has 4 heterocycles. The molecule has 2 atom stereocenters. The zero-order chi connectivity index (χ0) is 23.8. The van der Waals surface area contributed by atoms with E-state index in [4.69, 9.17) is 4.74 Å². The molecule has 0 spiro atoms. The molecule has 3 N–H and O–H groups in total. The fourth-order valence-electron chi connectivity index (χ4n) is 3.57. The highest BCUT2D eigenvalue weighted by atomic mass is 35.5. The van der Waals surface area contributed by atoms with E-state index in [1.54, 1.807) is 36.7 Å². The number of hydrogen-bond donors (Lipinski definition) is 3. The molecule has 4 rings (SSSR count). The smallest absolute Gasteiger partial charge is 0.388 e. The second-order valence-corrected chi connectivity index (χ2v) is 8.62. The van der Waals surface area contributed by atoms with Crippen molar-refractivity contribution in [3.05, 3.63) is 54.1 Å². The van der Waals surface area contributed by atoms with Crippen LogP contribution in [0.15, 0.2) is 42.9 Å². The molecule has 1 fully saturated rings. The van der Waals surface area contributed by atoms with Gasteiger partial charge < -0.3 is 25.0 Å². The summed E-state index contributed by atoms with van der Waals surface area (Å²) in [6, 6.07) is 5.24. The van der Waals surface area contributed by atoms with Gasteiger partial charge in [0.05, 0.1) is 35.4 Å². The Bertz CT molecular complexity index is 1150. The van der Waals surface area contributed by atoms with Crippen LogP contribution in [0.4, 0.5) is 13.2 Å². The van der Waals surface area contributed by atoms with Crippen LogP contribution < -0.4 is 10.6 Å². The number of halogens is 4. The molecule has 12 heteroatoms. The first-order valence-electron chi connectivity index (χ1n) is 10.4. The Morgan fingerprint density at radius 3 is 2.65 bits per heavy atom.